The summed E-state index contributed by atoms with van der Waals surface area (Å²) in [6.07, 6.45) is 5.75. The van der Waals surface area contributed by atoms with E-state index in [9.17, 15) is 4.79 Å². The molecular formula is C19H20N4OS. The summed E-state index contributed by atoms with van der Waals surface area (Å²) in [6, 6.07) is 7.69. The van der Waals surface area contributed by atoms with Crippen LogP contribution >= 0.6 is 11.3 Å². The maximum absolute atomic E-state index is 12.0. The number of hydrogen-bond acceptors (Lipinski definition) is 5. The largest absolute Gasteiger partial charge is 0.310 e. The summed E-state index contributed by atoms with van der Waals surface area (Å²) in [5, 5.41) is 4.04. The molecule has 0 aromatic carbocycles. The second-order valence-corrected chi connectivity index (χ2v) is 7.22. The van der Waals surface area contributed by atoms with Gasteiger partial charge < -0.3 is 4.98 Å². The predicted molar refractivity (Wildman–Crippen MR) is 99.7 cm³/mol. The molecule has 0 aliphatic carbocycles. The summed E-state index contributed by atoms with van der Waals surface area (Å²) in [5.74, 6) is 1.14. The number of nitrogens with zero attached hydrogens (tertiary/aromatic N) is 3. The van der Waals surface area contributed by atoms with Gasteiger partial charge >= 0.3 is 0 Å². The van der Waals surface area contributed by atoms with Gasteiger partial charge in [-0.1, -0.05) is 6.07 Å². The first-order valence-corrected chi connectivity index (χ1v) is 9.47. The predicted octanol–water partition coefficient (Wildman–Crippen LogP) is 3.27. The van der Waals surface area contributed by atoms with Gasteiger partial charge in [0.05, 0.1) is 5.69 Å². The van der Waals surface area contributed by atoms with E-state index in [2.05, 4.69) is 20.9 Å². The molecule has 0 atom stereocenters. The number of pyridine rings is 1. The lowest BCUT2D eigenvalue weighted by Gasteiger charge is -2.31. The van der Waals surface area contributed by atoms with E-state index in [0.29, 0.717) is 5.92 Å². The number of rotatable bonds is 4. The molecule has 1 saturated heterocycles. The Hall–Kier alpha value is -2.31. The molecule has 0 radical (unpaired) electrons. The van der Waals surface area contributed by atoms with Crippen molar-refractivity contribution in [1.82, 2.24) is 19.9 Å². The zero-order valence-corrected chi connectivity index (χ0v) is 14.7. The maximum Gasteiger partial charge on any atom is 0.251 e. The van der Waals surface area contributed by atoms with Crippen molar-refractivity contribution in [3.63, 3.8) is 0 Å². The van der Waals surface area contributed by atoms with Crippen LogP contribution in [0.4, 0.5) is 0 Å². The third kappa shape index (κ3) is 3.86. The van der Waals surface area contributed by atoms with Crippen molar-refractivity contribution in [3.8, 4) is 11.3 Å². The van der Waals surface area contributed by atoms with Gasteiger partial charge in [0.1, 0.15) is 5.82 Å². The molecule has 0 amide bonds. The lowest BCUT2D eigenvalue weighted by molar-refractivity contribution is 0.201. The van der Waals surface area contributed by atoms with Gasteiger partial charge in [0.2, 0.25) is 0 Å². The first kappa shape index (κ1) is 16.2. The van der Waals surface area contributed by atoms with Gasteiger partial charge in [0.15, 0.2) is 0 Å². The SMILES string of the molecule is O=c1cc(-c2ccsc2)nc(C2CCN(Cc3cccnc3)CC2)[nH]1. The standard InChI is InChI=1S/C19H20N4OS/c24-18-10-17(16-5-9-25-13-16)21-19(22-18)15-3-7-23(8-4-15)12-14-2-1-6-20-11-14/h1-2,5-6,9-11,13,15H,3-4,7-8,12H2,(H,21,22,24). The van der Waals surface area contributed by atoms with Crippen LogP contribution in [0.1, 0.15) is 30.1 Å². The molecule has 0 unspecified atom stereocenters. The van der Waals surface area contributed by atoms with Gasteiger partial charge in [-0.15, -0.1) is 0 Å². The van der Waals surface area contributed by atoms with Crippen LogP contribution in [-0.2, 0) is 6.54 Å². The fourth-order valence-electron chi connectivity index (χ4n) is 3.34. The topological polar surface area (TPSA) is 61.9 Å². The lowest BCUT2D eigenvalue weighted by atomic mass is 9.95. The number of nitrogens with one attached hydrogen (secondary N) is 1. The number of likely N-dealkylation sites (tertiary alicyclic amines) is 1. The minimum absolute atomic E-state index is 0.0658. The highest BCUT2D eigenvalue weighted by atomic mass is 32.1. The van der Waals surface area contributed by atoms with Crippen molar-refractivity contribution in [3.05, 3.63) is 69.2 Å². The molecule has 5 nitrogen and oxygen atoms in total. The molecule has 0 bridgehead atoms. The molecule has 3 aromatic rings. The first-order chi connectivity index (χ1) is 12.3. The third-order valence-electron chi connectivity index (χ3n) is 4.68. The Morgan fingerprint density at radius 3 is 2.88 bits per heavy atom. The van der Waals surface area contributed by atoms with Gasteiger partial charge in [-0.05, 0) is 49.0 Å². The van der Waals surface area contributed by atoms with E-state index in [1.54, 1.807) is 23.6 Å². The highest BCUT2D eigenvalue weighted by Gasteiger charge is 2.23. The number of aromatic nitrogens is 3. The molecule has 1 aliphatic rings. The second-order valence-electron chi connectivity index (χ2n) is 6.44. The van der Waals surface area contributed by atoms with Crippen LogP contribution in [0.2, 0.25) is 0 Å². The van der Waals surface area contributed by atoms with Crippen LogP contribution in [0, 0.1) is 0 Å². The summed E-state index contributed by atoms with van der Waals surface area (Å²) in [5.41, 5.74) is 2.97. The van der Waals surface area contributed by atoms with E-state index in [1.807, 2.05) is 29.1 Å². The number of aromatic amines is 1. The van der Waals surface area contributed by atoms with E-state index in [0.717, 1.165) is 49.6 Å². The summed E-state index contributed by atoms with van der Waals surface area (Å²) in [4.78, 5) is 26.3. The van der Waals surface area contributed by atoms with Crippen molar-refractivity contribution in [2.45, 2.75) is 25.3 Å². The molecule has 3 aromatic heterocycles. The summed E-state index contributed by atoms with van der Waals surface area (Å²) in [6.45, 7) is 2.94. The lowest BCUT2D eigenvalue weighted by Crippen LogP contribution is -2.33. The van der Waals surface area contributed by atoms with Gasteiger partial charge in [0, 0.05) is 41.9 Å². The van der Waals surface area contributed by atoms with E-state index in [4.69, 9.17) is 4.98 Å². The Morgan fingerprint density at radius 1 is 1.28 bits per heavy atom. The molecule has 1 N–H and O–H groups in total. The molecule has 25 heavy (non-hydrogen) atoms. The van der Waals surface area contributed by atoms with Crippen molar-refractivity contribution < 1.29 is 0 Å². The van der Waals surface area contributed by atoms with Gasteiger partial charge in [-0.3, -0.25) is 14.7 Å². The molecule has 1 fully saturated rings. The fraction of sp³-hybridized carbons (Fsp3) is 0.316. The number of piperidine rings is 1. The molecule has 4 rings (SSSR count). The van der Waals surface area contributed by atoms with Crippen molar-refractivity contribution in [2.24, 2.45) is 0 Å². The van der Waals surface area contributed by atoms with E-state index in [1.165, 1.54) is 5.56 Å². The molecule has 128 valence electrons. The summed E-state index contributed by atoms with van der Waals surface area (Å²) < 4.78 is 0. The van der Waals surface area contributed by atoms with Crippen LogP contribution in [0.5, 0.6) is 0 Å². The van der Waals surface area contributed by atoms with Crippen LogP contribution in [0.3, 0.4) is 0 Å². The van der Waals surface area contributed by atoms with E-state index in [-0.39, 0.29) is 5.56 Å². The van der Waals surface area contributed by atoms with Crippen molar-refractivity contribution >= 4 is 11.3 Å². The second kappa shape index (κ2) is 7.29. The molecule has 0 saturated carbocycles. The average Bonchev–Trinajstić information content (AvgIpc) is 3.17. The van der Waals surface area contributed by atoms with E-state index >= 15 is 0 Å². The molecule has 1 aliphatic heterocycles. The molecular weight excluding hydrogens is 332 g/mol. The number of hydrogen-bond donors (Lipinski definition) is 1. The first-order valence-electron chi connectivity index (χ1n) is 8.53. The molecule has 6 heteroatoms. The number of thiophene rings is 1. The quantitative estimate of drug-likeness (QED) is 0.783. The van der Waals surface area contributed by atoms with Gasteiger partial charge in [-0.2, -0.15) is 11.3 Å². The van der Waals surface area contributed by atoms with Crippen LogP contribution in [0.15, 0.2) is 52.2 Å². The Labute approximate surface area is 150 Å². The third-order valence-corrected chi connectivity index (χ3v) is 5.36. The summed E-state index contributed by atoms with van der Waals surface area (Å²) in [7, 11) is 0. The highest BCUT2D eigenvalue weighted by molar-refractivity contribution is 7.08. The van der Waals surface area contributed by atoms with E-state index < -0.39 is 0 Å². The van der Waals surface area contributed by atoms with Crippen LogP contribution < -0.4 is 5.56 Å². The van der Waals surface area contributed by atoms with Crippen molar-refractivity contribution in [2.75, 3.05) is 13.1 Å². The summed E-state index contributed by atoms with van der Waals surface area (Å²) >= 11 is 1.62. The van der Waals surface area contributed by atoms with Crippen LogP contribution in [0.25, 0.3) is 11.3 Å². The minimum Gasteiger partial charge on any atom is -0.310 e. The fourth-order valence-corrected chi connectivity index (χ4v) is 3.99. The Bertz CT molecular complexity index is 868. The Kier molecular flexibility index (Phi) is 4.72. The Balaban J connectivity index is 1.45. The molecule has 4 heterocycles. The zero-order valence-electron chi connectivity index (χ0n) is 13.9. The maximum atomic E-state index is 12.0. The van der Waals surface area contributed by atoms with Crippen molar-refractivity contribution in [1.29, 1.82) is 0 Å². The zero-order chi connectivity index (χ0) is 17.1. The molecule has 0 spiro atoms. The van der Waals surface area contributed by atoms with Gasteiger partial charge in [0.25, 0.3) is 5.56 Å². The van der Waals surface area contributed by atoms with Crippen LogP contribution in [-0.4, -0.2) is 32.9 Å². The average molecular weight is 352 g/mol. The monoisotopic (exact) mass is 352 g/mol. The highest BCUT2D eigenvalue weighted by Crippen LogP contribution is 2.27. The number of H-pyrrole nitrogens is 1. The normalized spacial score (nSPS) is 16.2. The Morgan fingerprint density at radius 2 is 2.16 bits per heavy atom. The minimum atomic E-state index is -0.0658. The smallest absolute Gasteiger partial charge is 0.251 e. The van der Waals surface area contributed by atoms with Gasteiger partial charge in [-0.25, -0.2) is 4.98 Å².